The summed E-state index contributed by atoms with van der Waals surface area (Å²) in [5, 5.41) is 11.7. The van der Waals surface area contributed by atoms with Crippen LogP contribution in [0.15, 0.2) is 26.8 Å². The fourth-order valence-electron chi connectivity index (χ4n) is 2.91. The van der Waals surface area contributed by atoms with Crippen molar-refractivity contribution < 1.29 is 42.0 Å². The Morgan fingerprint density at radius 3 is 2.76 bits per heavy atom. The fraction of sp³-hybridized carbons (Fsp3) is 0.438. The molecule has 13 heteroatoms. The van der Waals surface area contributed by atoms with E-state index in [9.17, 15) is 23.1 Å². The number of halogens is 4. The number of hydrogen-bond donors (Lipinski definition) is 1. The van der Waals surface area contributed by atoms with Gasteiger partial charge in [0, 0.05) is 10.0 Å². The second-order valence-electron chi connectivity index (χ2n) is 6.56. The van der Waals surface area contributed by atoms with Crippen LogP contribution in [0.25, 0.3) is 6.08 Å². The Hall–Kier alpha value is -2.54. The minimum Gasteiger partial charge on any atom is -0.475 e. The van der Waals surface area contributed by atoms with Crippen LogP contribution in [-0.4, -0.2) is 59.3 Å². The number of benzene rings is 1. The number of fused-ring (bicyclic) bond motifs is 1. The molecule has 3 heterocycles. The van der Waals surface area contributed by atoms with Gasteiger partial charge in [0.1, 0.15) is 10.8 Å². The molecule has 0 radical (unpaired) electrons. The molecule has 1 N–H and O–H groups in total. The lowest BCUT2D eigenvalue weighted by Gasteiger charge is -2.31. The Labute approximate surface area is 169 Å². The molecule has 2 aliphatic rings. The summed E-state index contributed by atoms with van der Waals surface area (Å²) in [4.78, 5) is 18.4. The van der Waals surface area contributed by atoms with Crippen LogP contribution < -0.4 is 14.6 Å². The Bertz CT molecular complexity index is 956. The van der Waals surface area contributed by atoms with Crippen LogP contribution in [0.3, 0.4) is 0 Å². The summed E-state index contributed by atoms with van der Waals surface area (Å²) in [7, 11) is 0. The average Bonchev–Trinajstić information content (AvgIpc) is 3.35. The SMILES string of the molecule is Cc1cc(Br)cc2c1OC(C(F)(F)F)C(C(=O)OCOn1on1N1CC(O)C1)=C2. The maximum absolute atomic E-state index is 13.5. The molecule has 1 fully saturated rings. The minimum absolute atomic E-state index is 0.0493. The molecule has 1 aromatic heterocycles. The normalized spacial score (nSPS) is 19.3. The summed E-state index contributed by atoms with van der Waals surface area (Å²) >= 11 is 3.26. The highest BCUT2D eigenvalue weighted by Crippen LogP contribution is 2.40. The topological polar surface area (TPSA) is 91.2 Å². The third kappa shape index (κ3) is 3.96. The number of aryl methyl sites for hydroxylation is 1. The number of carbonyl (C=O) groups excluding carboxylic acids is 1. The molecule has 1 atom stereocenters. The molecule has 0 spiro atoms. The third-order valence-corrected chi connectivity index (χ3v) is 4.78. The summed E-state index contributed by atoms with van der Waals surface area (Å²) < 4.78 is 55.8. The number of alkyl halides is 3. The number of esters is 1. The van der Waals surface area contributed by atoms with Gasteiger partial charge in [0.2, 0.25) is 6.10 Å². The number of carbonyl (C=O) groups is 1. The number of β-amino-alcohol motifs (C(OH)–C–C–N with tert-alkyl or cyclic N) is 1. The second kappa shape index (κ2) is 7.06. The van der Waals surface area contributed by atoms with Crippen molar-refractivity contribution in [1.82, 2.24) is 9.98 Å². The van der Waals surface area contributed by atoms with Crippen molar-refractivity contribution in [3.8, 4) is 5.75 Å². The first-order chi connectivity index (χ1) is 13.6. The van der Waals surface area contributed by atoms with Crippen molar-refractivity contribution in [2.45, 2.75) is 25.3 Å². The molecule has 0 saturated carbocycles. The van der Waals surface area contributed by atoms with Crippen molar-refractivity contribution in [1.29, 1.82) is 0 Å². The molecule has 158 valence electrons. The van der Waals surface area contributed by atoms with Crippen molar-refractivity contribution in [3.05, 3.63) is 33.3 Å². The van der Waals surface area contributed by atoms with Gasteiger partial charge in [0.25, 0.3) is 6.79 Å². The molecule has 9 nitrogen and oxygen atoms in total. The van der Waals surface area contributed by atoms with Gasteiger partial charge in [-0.05, 0) is 30.7 Å². The number of hydrogen-bond acceptors (Lipinski definition) is 7. The number of ether oxygens (including phenoxy) is 2. The van der Waals surface area contributed by atoms with Gasteiger partial charge in [-0.2, -0.15) is 17.8 Å². The van der Waals surface area contributed by atoms with Crippen LogP contribution in [-0.2, 0) is 9.53 Å². The Morgan fingerprint density at radius 1 is 1.38 bits per heavy atom. The molecule has 4 rings (SSSR count). The zero-order chi connectivity index (χ0) is 20.9. The van der Waals surface area contributed by atoms with Gasteiger partial charge in [-0.15, -0.1) is 0 Å². The lowest BCUT2D eigenvalue weighted by Crippen LogP contribution is -2.55. The van der Waals surface area contributed by atoms with Crippen LogP contribution >= 0.6 is 15.9 Å². The van der Waals surface area contributed by atoms with Gasteiger partial charge >= 0.3 is 12.1 Å². The molecule has 29 heavy (non-hydrogen) atoms. The monoisotopic (exact) mass is 481 g/mol. The largest absolute Gasteiger partial charge is 0.475 e. The van der Waals surface area contributed by atoms with E-state index in [2.05, 4.69) is 15.9 Å². The highest BCUT2D eigenvalue weighted by atomic mass is 79.9. The predicted molar refractivity (Wildman–Crippen MR) is 93.5 cm³/mol. The van der Waals surface area contributed by atoms with Gasteiger partial charge in [-0.25, -0.2) is 4.79 Å². The fourth-order valence-corrected chi connectivity index (χ4v) is 3.50. The molecule has 0 aliphatic carbocycles. The maximum Gasteiger partial charge on any atom is 0.430 e. The van der Waals surface area contributed by atoms with Gasteiger partial charge in [0.15, 0.2) is 0 Å². The van der Waals surface area contributed by atoms with E-state index in [1.165, 1.54) is 4.96 Å². The third-order valence-electron chi connectivity index (χ3n) is 4.33. The van der Waals surface area contributed by atoms with Crippen LogP contribution in [0, 0.1) is 6.92 Å². The number of aliphatic hydroxyl groups is 1. The van der Waals surface area contributed by atoms with Crippen LogP contribution in [0.5, 0.6) is 5.75 Å². The highest BCUT2D eigenvalue weighted by molar-refractivity contribution is 9.10. The van der Waals surface area contributed by atoms with E-state index in [1.54, 1.807) is 24.1 Å². The van der Waals surface area contributed by atoms with Gasteiger partial charge in [-0.3, -0.25) is 5.01 Å². The first-order valence-corrected chi connectivity index (χ1v) is 9.19. The Balaban J connectivity index is 1.45. The van der Waals surface area contributed by atoms with E-state index in [0.717, 1.165) is 11.1 Å². The zero-order valence-corrected chi connectivity index (χ0v) is 16.4. The Kier molecular flexibility index (Phi) is 4.81. The number of nitrogens with zero attached hydrogens (tertiary/aromatic N) is 3. The first-order valence-electron chi connectivity index (χ1n) is 8.40. The minimum atomic E-state index is -4.82. The van der Waals surface area contributed by atoms with Crippen LogP contribution in [0.2, 0.25) is 0 Å². The Morgan fingerprint density at radius 2 is 2.10 bits per heavy atom. The molecule has 0 amide bonds. The molecular formula is C16H15BrF3N3O6. The number of rotatable bonds is 5. The smallest absolute Gasteiger partial charge is 0.430 e. The van der Waals surface area contributed by atoms with E-state index < -0.39 is 36.7 Å². The zero-order valence-electron chi connectivity index (χ0n) is 14.9. The van der Waals surface area contributed by atoms with Crippen LogP contribution in [0.1, 0.15) is 11.1 Å². The quantitative estimate of drug-likeness (QED) is 0.512. The van der Waals surface area contributed by atoms with Gasteiger partial charge < -0.3 is 19.4 Å². The van der Waals surface area contributed by atoms with Gasteiger partial charge in [0.05, 0.1) is 29.7 Å². The molecule has 0 bridgehead atoms. The average molecular weight is 482 g/mol. The van der Waals surface area contributed by atoms with Gasteiger partial charge in [-0.1, -0.05) is 15.9 Å². The van der Waals surface area contributed by atoms with Crippen molar-refractivity contribution in [3.63, 3.8) is 0 Å². The van der Waals surface area contributed by atoms with E-state index in [1.807, 2.05) is 0 Å². The molecule has 2 aromatic rings. The summed E-state index contributed by atoms with van der Waals surface area (Å²) in [6.07, 6.45) is -6.65. The van der Waals surface area contributed by atoms with E-state index in [-0.39, 0.29) is 5.75 Å². The predicted octanol–water partition coefficient (Wildman–Crippen LogP) is 1.60. The molecule has 1 unspecified atom stereocenters. The lowest BCUT2D eigenvalue weighted by atomic mass is 9.99. The molecular weight excluding hydrogens is 467 g/mol. The summed E-state index contributed by atoms with van der Waals surface area (Å²) in [6, 6.07) is 3.16. The summed E-state index contributed by atoms with van der Waals surface area (Å²) in [5.74, 6) is -1.18. The van der Waals surface area contributed by atoms with E-state index >= 15 is 0 Å². The van der Waals surface area contributed by atoms with E-state index in [4.69, 9.17) is 18.9 Å². The second-order valence-corrected chi connectivity index (χ2v) is 7.47. The first kappa shape index (κ1) is 19.8. The van der Waals surface area contributed by atoms with Crippen molar-refractivity contribution in [2.24, 2.45) is 0 Å². The summed E-state index contributed by atoms with van der Waals surface area (Å²) in [6.45, 7) is 1.60. The number of aliphatic hydroxyl groups excluding tert-OH is 1. The summed E-state index contributed by atoms with van der Waals surface area (Å²) in [5.41, 5.74) is 0.119. The van der Waals surface area contributed by atoms with Crippen molar-refractivity contribution >= 4 is 28.0 Å². The highest BCUT2D eigenvalue weighted by Gasteiger charge is 2.49. The van der Waals surface area contributed by atoms with Crippen molar-refractivity contribution in [2.75, 3.05) is 24.9 Å². The molecule has 1 aromatic carbocycles. The standard InChI is InChI=1S/C16H15BrF3N3O6/c1-8-2-10(17)3-9-4-12(14(16(18,19)20)28-13(8)9)15(25)26-7-27-23-22(29-23)21-5-11(24)6-21/h2-4,11,14,24H,5-7H2,1H3. The lowest BCUT2D eigenvalue weighted by molar-refractivity contribution is -0.190. The van der Waals surface area contributed by atoms with E-state index in [0.29, 0.717) is 28.7 Å². The number of aromatic nitrogens is 2. The maximum atomic E-state index is 13.5. The molecule has 2 aliphatic heterocycles. The van der Waals surface area contributed by atoms with Crippen LogP contribution in [0.4, 0.5) is 13.2 Å². The molecule has 1 saturated heterocycles.